The molecule has 28 heavy (non-hydrogen) atoms. The van der Waals surface area contributed by atoms with Crippen molar-refractivity contribution >= 4 is 19.7 Å². The maximum absolute atomic E-state index is 13.1. The standard InChI is InChI=1S/C19H22FNO5S2/c1-13-9-16(7-8-18(13)26-2)28(24,25)19-12-27(22,23)11-17(19)21-10-14-3-5-15(20)6-4-14/h3-9,17,19,21H,10-12H2,1-2H3/t17-,19-/m0/s1. The maximum atomic E-state index is 13.1. The van der Waals surface area contributed by atoms with E-state index < -0.39 is 36.7 Å². The molecule has 2 aromatic carbocycles. The van der Waals surface area contributed by atoms with E-state index >= 15 is 0 Å². The number of rotatable bonds is 6. The number of nitrogens with one attached hydrogen (secondary N) is 1. The molecule has 0 aromatic heterocycles. The molecule has 6 nitrogen and oxygen atoms in total. The first kappa shape index (κ1) is 20.8. The lowest BCUT2D eigenvalue weighted by atomic mass is 10.2. The number of hydrogen-bond acceptors (Lipinski definition) is 6. The van der Waals surface area contributed by atoms with Crippen molar-refractivity contribution in [3.63, 3.8) is 0 Å². The largest absolute Gasteiger partial charge is 0.496 e. The van der Waals surface area contributed by atoms with Crippen molar-refractivity contribution in [1.29, 1.82) is 0 Å². The number of aryl methyl sites for hydroxylation is 1. The molecule has 3 rings (SSSR count). The number of halogens is 1. The van der Waals surface area contributed by atoms with Gasteiger partial charge in [-0.05, 0) is 48.4 Å². The van der Waals surface area contributed by atoms with Crippen LogP contribution in [0.25, 0.3) is 0 Å². The van der Waals surface area contributed by atoms with Gasteiger partial charge in [0.15, 0.2) is 19.7 Å². The minimum atomic E-state index is -3.87. The average Bonchev–Trinajstić information content (AvgIpc) is 2.96. The zero-order chi connectivity index (χ0) is 20.5. The predicted molar refractivity (Wildman–Crippen MR) is 104 cm³/mol. The third-order valence-electron chi connectivity index (χ3n) is 4.88. The number of sulfone groups is 2. The second kappa shape index (κ2) is 7.81. The number of ether oxygens (including phenoxy) is 1. The first-order valence-electron chi connectivity index (χ1n) is 8.69. The molecule has 1 saturated heterocycles. The van der Waals surface area contributed by atoms with Gasteiger partial charge in [-0.3, -0.25) is 0 Å². The Bertz CT molecular complexity index is 1070. The van der Waals surface area contributed by atoms with Crippen LogP contribution in [-0.2, 0) is 26.2 Å². The first-order chi connectivity index (χ1) is 13.1. The van der Waals surface area contributed by atoms with Gasteiger partial charge >= 0.3 is 0 Å². The monoisotopic (exact) mass is 427 g/mol. The number of benzene rings is 2. The molecule has 0 aliphatic carbocycles. The summed E-state index contributed by atoms with van der Waals surface area (Å²) < 4.78 is 68.8. The molecule has 1 N–H and O–H groups in total. The van der Waals surface area contributed by atoms with Crippen LogP contribution in [0, 0.1) is 12.7 Å². The van der Waals surface area contributed by atoms with E-state index in [1.54, 1.807) is 25.1 Å². The van der Waals surface area contributed by atoms with Crippen LogP contribution in [0.5, 0.6) is 5.75 Å². The highest BCUT2D eigenvalue weighted by atomic mass is 32.2. The molecule has 1 aliphatic rings. The van der Waals surface area contributed by atoms with Crippen LogP contribution in [-0.4, -0.2) is 46.7 Å². The van der Waals surface area contributed by atoms with Gasteiger partial charge in [-0.1, -0.05) is 12.1 Å². The quantitative estimate of drug-likeness (QED) is 0.757. The summed E-state index contributed by atoms with van der Waals surface area (Å²) in [5, 5.41) is 1.94. The molecule has 2 atom stereocenters. The Kier molecular flexibility index (Phi) is 5.79. The first-order valence-corrected chi connectivity index (χ1v) is 12.1. The van der Waals surface area contributed by atoms with E-state index in [1.807, 2.05) is 0 Å². The van der Waals surface area contributed by atoms with Gasteiger partial charge in [0.1, 0.15) is 11.6 Å². The number of hydrogen-bond donors (Lipinski definition) is 1. The fourth-order valence-corrected chi connectivity index (χ4v) is 8.17. The zero-order valence-corrected chi connectivity index (χ0v) is 17.2. The molecule has 0 radical (unpaired) electrons. The highest BCUT2D eigenvalue weighted by Crippen LogP contribution is 2.29. The van der Waals surface area contributed by atoms with Crippen LogP contribution in [0.1, 0.15) is 11.1 Å². The van der Waals surface area contributed by atoms with E-state index in [2.05, 4.69) is 5.32 Å². The van der Waals surface area contributed by atoms with Crippen LogP contribution in [0.2, 0.25) is 0 Å². The molecule has 1 heterocycles. The Labute approximate surface area is 164 Å². The normalized spacial score (nSPS) is 21.5. The van der Waals surface area contributed by atoms with E-state index in [0.717, 1.165) is 5.56 Å². The highest BCUT2D eigenvalue weighted by Gasteiger charge is 2.45. The number of methoxy groups -OCH3 is 1. The fourth-order valence-electron chi connectivity index (χ4n) is 3.37. The lowest BCUT2D eigenvalue weighted by molar-refractivity contribution is 0.411. The summed E-state index contributed by atoms with van der Waals surface area (Å²) in [4.78, 5) is 0.0708. The molecule has 2 aromatic rings. The van der Waals surface area contributed by atoms with Crippen molar-refractivity contribution in [2.75, 3.05) is 18.6 Å². The van der Waals surface area contributed by atoms with E-state index in [1.165, 1.54) is 31.4 Å². The van der Waals surface area contributed by atoms with Crippen molar-refractivity contribution in [3.05, 3.63) is 59.4 Å². The molecular formula is C19H22FNO5S2. The third kappa shape index (κ3) is 4.37. The van der Waals surface area contributed by atoms with Gasteiger partial charge in [0.2, 0.25) is 0 Å². The van der Waals surface area contributed by atoms with Crippen molar-refractivity contribution in [3.8, 4) is 5.75 Å². The lowest BCUT2D eigenvalue weighted by Gasteiger charge is -2.20. The molecule has 1 aliphatic heterocycles. The Morgan fingerprint density at radius 3 is 2.43 bits per heavy atom. The maximum Gasteiger partial charge on any atom is 0.183 e. The second-order valence-corrected chi connectivity index (χ2v) is 11.2. The predicted octanol–water partition coefficient (Wildman–Crippen LogP) is 1.87. The summed E-state index contributed by atoms with van der Waals surface area (Å²) in [5.74, 6) is -0.499. The molecule has 0 unspecified atom stereocenters. The molecular weight excluding hydrogens is 405 g/mol. The Balaban J connectivity index is 1.86. The van der Waals surface area contributed by atoms with Gasteiger partial charge in [0.25, 0.3) is 0 Å². The fraction of sp³-hybridized carbons (Fsp3) is 0.368. The smallest absolute Gasteiger partial charge is 0.183 e. The van der Waals surface area contributed by atoms with Crippen LogP contribution in [0.4, 0.5) is 4.39 Å². The van der Waals surface area contributed by atoms with Gasteiger partial charge in [0, 0.05) is 12.6 Å². The minimum Gasteiger partial charge on any atom is -0.496 e. The van der Waals surface area contributed by atoms with Crippen molar-refractivity contribution in [2.45, 2.75) is 29.7 Å². The summed E-state index contributed by atoms with van der Waals surface area (Å²) in [7, 11) is -5.88. The molecule has 0 bridgehead atoms. The minimum absolute atomic E-state index is 0.0708. The van der Waals surface area contributed by atoms with Gasteiger partial charge in [-0.2, -0.15) is 0 Å². The Hall–Kier alpha value is -1.97. The van der Waals surface area contributed by atoms with E-state index in [4.69, 9.17) is 4.74 Å². The summed E-state index contributed by atoms with van der Waals surface area (Å²) in [5.41, 5.74) is 1.39. The summed E-state index contributed by atoms with van der Waals surface area (Å²) in [6.07, 6.45) is 0. The van der Waals surface area contributed by atoms with Crippen LogP contribution in [0.15, 0.2) is 47.4 Å². The van der Waals surface area contributed by atoms with Crippen molar-refractivity contribution in [2.24, 2.45) is 0 Å². The molecule has 9 heteroatoms. The Morgan fingerprint density at radius 2 is 1.82 bits per heavy atom. The summed E-state index contributed by atoms with van der Waals surface area (Å²) >= 11 is 0. The second-order valence-electron chi connectivity index (χ2n) is 6.91. The van der Waals surface area contributed by atoms with Gasteiger partial charge in [-0.25, -0.2) is 21.2 Å². The SMILES string of the molecule is COc1ccc(S(=O)(=O)[C@H]2CS(=O)(=O)C[C@@H]2NCc2ccc(F)cc2)cc1C. The molecule has 152 valence electrons. The van der Waals surface area contributed by atoms with E-state index in [9.17, 15) is 21.2 Å². The van der Waals surface area contributed by atoms with Gasteiger partial charge in [0.05, 0.1) is 28.8 Å². The van der Waals surface area contributed by atoms with E-state index in [0.29, 0.717) is 11.3 Å². The zero-order valence-electron chi connectivity index (χ0n) is 15.6. The van der Waals surface area contributed by atoms with Crippen LogP contribution >= 0.6 is 0 Å². The highest BCUT2D eigenvalue weighted by molar-refractivity contribution is 7.96. The molecule has 0 spiro atoms. The molecule has 0 amide bonds. The topological polar surface area (TPSA) is 89.5 Å². The van der Waals surface area contributed by atoms with Gasteiger partial charge < -0.3 is 10.1 Å². The summed E-state index contributed by atoms with van der Waals surface area (Å²) in [6.45, 7) is 1.97. The van der Waals surface area contributed by atoms with Gasteiger partial charge in [-0.15, -0.1) is 0 Å². The average molecular weight is 428 g/mol. The Morgan fingerprint density at radius 1 is 1.14 bits per heavy atom. The molecule has 1 fully saturated rings. The lowest BCUT2D eigenvalue weighted by Crippen LogP contribution is -2.43. The molecule has 0 saturated carbocycles. The summed E-state index contributed by atoms with van der Waals surface area (Å²) in [6, 6.07) is 9.49. The van der Waals surface area contributed by atoms with E-state index in [-0.39, 0.29) is 23.0 Å². The van der Waals surface area contributed by atoms with Crippen molar-refractivity contribution < 1.29 is 26.0 Å². The van der Waals surface area contributed by atoms with Crippen LogP contribution in [0.3, 0.4) is 0 Å². The van der Waals surface area contributed by atoms with Crippen molar-refractivity contribution in [1.82, 2.24) is 5.32 Å². The third-order valence-corrected chi connectivity index (χ3v) is 9.02. The van der Waals surface area contributed by atoms with Crippen LogP contribution < -0.4 is 10.1 Å².